The van der Waals surface area contributed by atoms with Gasteiger partial charge in [-0.05, 0) is 12.1 Å². The third-order valence-electron chi connectivity index (χ3n) is 3.42. The molecule has 0 aliphatic carbocycles. The van der Waals surface area contributed by atoms with E-state index in [-0.39, 0.29) is 0 Å². The zero-order valence-corrected chi connectivity index (χ0v) is 11.6. The summed E-state index contributed by atoms with van der Waals surface area (Å²) in [5.41, 5.74) is -0.530. The van der Waals surface area contributed by atoms with Crippen LogP contribution in [0.1, 0.15) is 10.4 Å². The van der Waals surface area contributed by atoms with Crippen molar-refractivity contribution in [3.8, 4) is 17.2 Å². The summed E-state index contributed by atoms with van der Waals surface area (Å²) in [4.78, 5) is 12.0. The highest BCUT2D eigenvalue weighted by Crippen LogP contribution is 2.37. The Labute approximate surface area is 129 Å². The van der Waals surface area contributed by atoms with Gasteiger partial charge in [0, 0.05) is 0 Å². The van der Waals surface area contributed by atoms with Gasteiger partial charge < -0.3 is 45.2 Å². The maximum atomic E-state index is 12.0. The summed E-state index contributed by atoms with van der Waals surface area (Å²) in [5.74, 6) is -3.78. The summed E-state index contributed by atoms with van der Waals surface area (Å²) in [6, 6.07) is 1.88. The van der Waals surface area contributed by atoms with Gasteiger partial charge in [0.15, 0.2) is 11.5 Å². The normalized spacial score (nSPS) is 30.9. The van der Waals surface area contributed by atoms with Crippen LogP contribution in [-0.2, 0) is 9.47 Å². The Morgan fingerprint density at radius 1 is 1.04 bits per heavy atom. The Morgan fingerprint density at radius 2 is 1.70 bits per heavy atom. The van der Waals surface area contributed by atoms with Gasteiger partial charge in [0.25, 0.3) is 0 Å². The summed E-state index contributed by atoms with van der Waals surface area (Å²) >= 11 is 0. The highest BCUT2D eigenvalue weighted by atomic mass is 16.7. The monoisotopic (exact) mass is 332 g/mol. The minimum atomic E-state index is -1.80. The maximum Gasteiger partial charge on any atom is 0.344 e. The number of aliphatic hydroxyl groups is 4. The molecule has 1 fully saturated rings. The van der Waals surface area contributed by atoms with E-state index >= 15 is 0 Å². The SMILES string of the molecule is O=C(O[C@H]1O[C@@H](CO)[C@@H](O)[C@H](O)[C@H]1O)c1ccc(O)c(O)c1O. The summed E-state index contributed by atoms with van der Waals surface area (Å²) < 4.78 is 9.74. The first-order chi connectivity index (χ1) is 10.8. The molecule has 0 bridgehead atoms. The van der Waals surface area contributed by atoms with E-state index in [1.165, 1.54) is 0 Å². The summed E-state index contributed by atoms with van der Waals surface area (Å²) in [6.07, 6.45) is -8.15. The van der Waals surface area contributed by atoms with Gasteiger partial charge in [-0.15, -0.1) is 0 Å². The van der Waals surface area contributed by atoms with Gasteiger partial charge in [-0.1, -0.05) is 0 Å². The number of phenolic OH excluding ortho intramolecular Hbond substituents is 3. The van der Waals surface area contributed by atoms with Crippen molar-refractivity contribution in [3.05, 3.63) is 17.7 Å². The fraction of sp³-hybridized carbons (Fsp3) is 0.462. The van der Waals surface area contributed by atoms with E-state index in [4.69, 9.17) is 14.6 Å². The van der Waals surface area contributed by atoms with Gasteiger partial charge in [0.05, 0.1) is 6.61 Å². The molecule has 2 rings (SSSR count). The number of hydrogen-bond donors (Lipinski definition) is 7. The maximum absolute atomic E-state index is 12.0. The van der Waals surface area contributed by atoms with Crippen molar-refractivity contribution in [2.45, 2.75) is 30.7 Å². The molecule has 1 aromatic carbocycles. The van der Waals surface area contributed by atoms with E-state index in [9.17, 15) is 35.4 Å². The Hall–Kier alpha value is -2.11. The summed E-state index contributed by atoms with van der Waals surface area (Å²) in [7, 11) is 0. The summed E-state index contributed by atoms with van der Waals surface area (Å²) in [6.45, 7) is -0.704. The van der Waals surface area contributed by atoms with E-state index in [0.29, 0.717) is 0 Å². The molecule has 128 valence electrons. The van der Waals surface area contributed by atoms with Gasteiger partial charge in [-0.2, -0.15) is 0 Å². The van der Waals surface area contributed by atoms with Crippen molar-refractivity contribution in [2.75, 3.05) is 6.61 Å². The number of carbonyl (C=O) groups excluding carboxylic acids is 1. The Bertz CT molecular complexity index is 586. The van der Waals surface area contributed by atoms with Crippen LogP contribution in [0.15, 0.2) is 12.1 Å². The van der Waals surface area contributed by atoms with Crippen molar-refractivity contribution < 1.29 is 50.0 Å². The molecule has 0 unspecified atom stereocenters. The number of aromatic hydroxyl groups is 3. The molecular formula is C13H16O10. The molecule has 1 aromatic rings. The minimum Gasteiger partial charge on any atom is -0.504 e. The number of carbonyl (C=O) groups is 1. The molecule has 0 amide bonds. The number of benzene rings is 1. The zero-order chi connectivity index (χ0) is 17.3. The van der Waals surface area contributed by atoms with E-state index in [1.54, 1.807) is 0 Å². The first-order valence-corrected chi connectivity index (χ1v) is 6.53. The molecule has 0 spiro atoms. The number of rotatable bonds is 3. The van der Waals surface area contributed by atoms with Crippen molar-refractivity contribution in [1.29, 1.82) is 0 Å². The molecule has 0 aromatic heterocycles. The lowest BCUT2D eigenvalue weighted by molar-refractivity contribution is -0.285. The van der Waals surface area contributed by atoms with E-state index in [0.717, 1.165) is 12.1 Å². The van der Waals surface area contributed by atoms with Crippen LogP contribution in [0.3, 0.4) is 0 Å². The molecule has 5 atom stereocenters. The van der Waals surface area contributed by atoms with Crippen LogP contribution in [0.25, 0.3) is 0 Å². The molecule has 0 radical (unpaired) electrons. The molecule has 23 heavy (non-hydrogen) atoms. The molecule has 1 saturated heterocycles. The van der Waals surface area contributed by atoms with Crippen LogP contribution >= 0.6 is 0 Å². The second kappa shape index (κ2) is 6.56. The highest BCUT2D eigenvalue weighted by Gasteiger charge is 2.45. The number of ether oxygens (including phenoxy) is 2. The van der Waals surface area contributed by atoms with Crippen LogP contribution in [0.2, 0.25) is 0 Å². The lowest BCUT2D eigenvalue weighted by Gasteiger charge is -2.39. The predicted molar refractivity (Wildman–Crippen MR) is 70.6 cm³/mol. The van der Waals surface area contributed by atoms with Crippen molar-refractivity contribution in [3.63, 3.8) is 0 Å². The molecule has 10 nitrogen and oxygen atoms in total. The summed E-state index contributed by atoms with van der Waals surface area (Å²) in [5, 5.41) is 66.1. The predicted octanol–water partition coefficient (Wildman–Crippen LogP) is -2.24. The van der Waals surface area contributed by atoms with Crippen LogP contribution in [0.5, 0.6) is 17.2 Å². The Kier molecular flexibility index (Phi) is 4.92. The average Bonchev–Trinajstić information content (AvgIpc) is 2.53. The lowest BCUT2D eigenvalue weighted by atomic mass is 9.99. The lowest BCUT2D eigenvalue weighted by Crippen LogP contribution is -2.59. The zero-order valence-electron chi connectivity index (χ0n) is 11.6. The number of aliphatic hydroxyl groups excluding tert-OH is 4. The minimum absolute atomic E-state index is 0.530. The third-order valence-corrected chi connectivity index (χ3v) is 3.42. The first kappa shape index (κ1) is 17.2. The fourth-order valence-corrected chi connectivity index (χ4v) is 2.07. The van der Waals surface area contributed by atoms with Crippen LogP contribution in [0.4, 0.5) is 0 Å². The molecule has 1 heterocycles. The number of phenols is 3. The van der Waals surface area contributed by atoms with Gasteiger partial charge >= 0.3 is 5.97 Å². The Balaban J connectivity index is 2.18. The van der Waals surface area contributed by atoms with Crippen molar-refractivity contribution in [1.82, 2.24) is 0 Å². The molecule has 0 saturated carbocycles. The molecule has 10 heteroatoms. The molecule has 7 N–H and O–H groups in total. The fourth-order valence-electron chi connectivity index (χ4n) is 2.07. The standard InChI is InChI=1S/C13H16O10/c14-3-6-9(18)10(19)11(20)13(22-6)23-12(21)4-1-2-5(15)8(17)7(4)16/h1-2,6,9-11,13-20H,3H2/t6-,9+,10-,11+,13+/m0/s1. The van der Waals surface area contributed by atoms with Crippen molar-refractivity contribution >= 4 is 5.97 Å². The van der Waals surface area contributed by atoms with Gasteiger partial charge in [0.1, 0.15) is 30.0 Å². The van der Waals surface area contributed by atoms with Crippen molar-refractivity contribution in [2.24, 2.45) is 0 Å². The average molecular weight is 332 g/mol. The smallest absolute Gasteiger partial charge is 0.344 e. The van der Waals surface area contributed by atoms with Gasteiger partial charge in [-0.25, -0.2) is 4.79 Å². The number of hydrogen-bond acceptors (Lipinski definition) is 10. The first-order valence-electron chi connectivity index (χ1n) is 6.53. The van der Waals surface area contributed by atoms with E-state index in [2.05, 4.69) is 0 Å². The second-order valence-electron chi connectivity index (χ2n) is 4.93. The van der Waals surface area contributed by atoms with Crippen LogP contribution < -0.4 is 0 Å². The van der Waals surface area contributed by atoms with Gasteiger partial charge in [0.2, 0.25) is 12.0 Å². The van der Waals surface area contributed by atoms with E-state index in [1.807, 2.05) is 0 Å². The van der Waals surface area contributed by atoms with Crippen LogP contribution in [-0.4, -0.2) is 79.0 Å². The highest BCUT2D eigenvalue weighted by molar-refractivity contribution is 5.94. The molecular weight excluding hydrogens is 316 g/mol. The topological polar surface area (TPSA) is 177 Å². The third kappa shape index (κ3) is 3.16. The molecule has 1 aliphatic heterocycles. The largest absolute Gasteiger partial charge is 0.504 e. The quantitative estimate of drug-likeness (QED) is 0.236. The van der Waals surface area contributed by atoms with E-state index < -0.39 is 66.1 Å². The second-order valence-corrected chi connectivity index (χ2v) is 4.93. The van der Waals surface area contributed by atoms with Gasteiger partial charge in [-0.3, -0.25) is 0 Å². The number of esters is 1. The van der Waals surface area contributed by atoms with Crippen LogP contribution in [0, 0.1) is 0 Å². The molecule has 1 aliphatic rings. The Morgan fingerprint density at radius 3 is 2.30 bits per heavy atom.